The normalized spacial score (nSPS) is 15.5. The number of fused-ring (bicyclic) bond motifs is 1. The van der Waals surface area contributed by atoms with E-state index < -0.39 is 0 Å². The highest BCUT2D eigenvalue weighted by atomic mass is 32.1. The predicted octanol–water partition coefficient (Wildman–Crippen LogP) is 4.25. The van der Waals surface area contributed by atoms with Crippen molar-refractivity contribution < 1.29 is 14.3 Å². The summed E-state index contributed by atoms with van der Waals surface area (Å²) in [7, 11) is 0. The van der Waals surface area contributed by atoms with Crippen LogP contribution in [0, 0.1) is 12.8 Å². The van der Waals surface area contributed by atoms with Crippen LogP contribution < -0.4 is 10.1 Å². The average molecular weight is 444 g/mol. The Kier molecular flexibility index (Phi) is 7.96. The van der Waals surface area contributed by atoms with Gasteiger partial charge in [0.15, 0.2) is 0 Å². The number of urea groups is 1. The summed E-state index contributed by atoms with van der Waals surface area (Å²) in [5, 5.41) is 4.91. The average Bonchev–Trinajstić information content (AvgIpc) is 3.21. The molecule has 7 heteroatoms. The van der Waals surface area contributed by atoms with E-state index in [-0.39, 0.29) is 30.4 Å². The minimum Gasteiger partial charge on any atom is -0.491 e. The second-order valence-electron chi connectivity index (χ2n) is 8.34. The third-order valence-electron chi connectivity index (χ3n) is 5.43. The maximum atomic E-state index is 13.4. The zero-order valence-corrected chi connectivity index (χ0v) is 19.7. The van der Waals surface area contributed by atoms with Gasteiger partial charge in [-0.2, -0.15) is 0 Å². The number of benzene rings is 1. The number of carbonyl (C=O) groups is 2. The number of nitrogens with zero attached hydrogens (tertiary/aromatic N) is 2. The van der Waals surface area contributed by atoms with E-state index in [9.17, 15) is 9.59 Å². The van der Waals surface area contributed by atoms with Crippen LogP contribution in [0.15, 0.2) is 35.7 Å². The van der Waals surface area contributed by atoms with Crippen molar-refractivity contribution >= 4 is 23.3 Å². The van der Waals surface area contributed by atoms with Gasteiger partial charge in [0, 0.05) is 24.5 Å². The molecule has 6 nitrogen and oxygen atoms in total. The first kappa shape index (κ1) is 23.1. The lowest BCUT2D eigenvalue weighted by Crippen LogP contribution is -2.50. The first-order valence-corrected chi connectivity index (χ1v) is 11.9. The Labute approximate surface area is 189 Å². The number of thiophene rings is 1. The monoisotopic (exact) mass is 443 g/mol. The minimum absolute atomic E-state index is 0.0397. The van der Waals surface area contributed by atoms with Crippen LogP contribution in [0.25, 0.3) is 0 Å². The summed E-state index contributed by atoms with van der Waals surface area (Å²) < 4.78 is 6.16. The molecule has 2 heterocycles. The van der Waals surface area contributed by atoms with E-state index in [0.29, 0.717) is 26.2 Å². The number of hydrogen-bond donors (Lipinski definition) is 1. The van der Waals surface area contributed by atoms with Crippen LogP contribution in [0.3, 0.4) is 0 Å². The number of para-hydroxylation sites is 1. The maximum Gasteiger partial charge on any atom is 0.317 e. The van der Waals surface area contributed by atoms with E-state index in [4.69, 9.17) is 4.74 Å². The van der Waals surface area contributed by atoms with Gasteiger partial charge in [-0.15, -0.1) is 11.3 Å². The second kappa shape index (κ2) is 10.7. The third kappa shape index (κ3) is 5.79. The highest BCUT2D eigenvalue weighted by Crippen LogP contribution is 2.34. The van der Waals surface area contributed by atoms with E-state index in [1.54, 1.807) is 16.2 Å². The van der Waals surface area contributed by atoms with Crippen LogP contribution in [0.1, 0.15) is 42.8 Å². The number of nitrogens with one attached hydrogen (secondary N) is 1. The molecule has 168 valence electrons. The number of rotatable bonds is 8. The van der Waals surface area contributed by atoms with Gasteiger partial charge in [0.1, 0.15) is 18.9 Å². The van der Waals surface area contributed by atoms with Crippen molar-refractivity contribution in [2.24, 2.45) is 5.92 Å². The van der Waals surface area contributed by atoms with Crippen molar-refractivity contribution in [1.82, 2.24) is 15.1 Å². The highest BCUT2D eigenvalue weighted by Gasteiger charge is 2.33. The standard InChI is InChI=1S/C24H33N3O3S/c1-5-25-24(29)26(14-17(2)3)15-23(28)27-12-10-22-19(11-13-31-22)20(27)16-30-21-9-7-6-8-18(21)4/h6-9,11,13,17,20H,5,10,12,14-16H2,1-4H3,(H,25,29)/t20-/m0/s1. The Morgan fingerprint density at radius 3 is 2.77 bits per heavy atom. The molecule has 2 aromatic rings. The lowest BCUT2D eigenvalue weighted by atomic mass is 10.00. The Balaban J connectivity index is 1.77. The summed E-state index contributed by atoms with van der Waals surface area (Å²) in [5.74, 6) is 1.07. The van der Waals surface area contributed by atoms with Crippen LogP contribution in [0.5, 0.6) is 5.75 Å². The minimum atomic E-state index is -0.189. The second-order valence-corrected chi connectivity index (χ2v) is 9.34. The molecule has 1 aromatic heterocycles. The van der Waals surface area contributed by atoms with Crippen molar-refractivity contribution in [3.05, 3.63) is 51.7 Å². The Morgan fingerprint density at radius 1 is 1.29 bits per heavy atom. The lowest BCUT2D eigenvalue weighted by Gasteiger charge is -2.37. The molecule has 0 fully saturated rings. The van der Waals surface area contributed by atoms with Crippen LogP contribution in [-0.4, -0.2) is 54.5 Å². The number of hydrogen-bond acceptors (Lipinski definition) is 4. The largest absolute Gasteiger partial charge is 0.491 e. The first-order chi connectivity index (χ1) is 14.9. The quantitative estimate of drug-likeness (QED) is 0.664. The summed E-state index contributed by atoms with van der Waals surface area (Å²) in [6.07, 6.45) is 0.838. The van der Waals surface area contributed by atoms with Crippen LogP contribution in [-0.2, 0) is 11.2 Å². The van der Waals surface area contributed by atoms with Crippen LogP contribution >= 0.6 is 11.3 Å². The molecule has 0 aliphatic carbocycles. The van der Waals surface area contributed by atoms with Gasteiger partial charge in [0.25, 0.3) is 0 Å². The molecule has 1 atom stereocenters. The Hall–Kier alpha value is -2.54. The number of ether oxygens (including phenoxy) is 1. The van der Waals surface area contributed by atoms with E-state index in [1.807, 2.05) is 56.9 Å². The van der Waals surface area contributed by atoms with Crippen molar-refractivity contribution in [3.63, 3.8) is 0 Å². The molecule has 1 aromatic carbocycles. The fraction of sp³-hybridized carbons (Fsp3) is 0.500. The predicted molar refractivity (Wildman–Crippen MR) is 125 cm³/mol. The molecule has 3 rings (SSSR count). The van der Waals surface area contributed by atoms with Gasteiger partial charge in [0.05, 0.1) is 6.04 Å². The van der Waals surface area contributed by atoms with Gasteiger partial charge < -0.3 is 19.9 Å². The van der Waals surface area contributed by atoms with E-state index in [1.165, 1.54) is 4.88 Å². The molecular weight excluding hydrogens is 410 g/mol. The molecule has 0 unspecified atom stereocenters. The summed E-state index contributed by atoms with van der Waals surface area (Å²) in [6.45, 7) is 10.2. The van der Waals surface area contributed by atoms with Crippen molar-refractivity contribution in [2.45, 2.75) is 40.2 Å². The fourth-order valence-electron chi connectivity index (χ4n) is 3.94. The van der Waals surface area contributed by atoms with Crippen molar-refractivity contribution in [2.75, 3.05) is 32.8 Å². The highest BCUT2D eigenvalue weighted by molar-refractivity contribution is 7.10. The van der Waals surface area contributed by atoms with E-state index in [0.717, 1.165) is 23.3 Å². The Morgan fingerprint density at radius 2 is 2.06 bits per heavy atom. The molecule has 0 saturated heterocycles. The molecule has 0 spiro atoms. The van der Waals surface area contributed by atoms with Gasteiger partial charge in [-0.1, -0.05) is 32.0 Å². The summed E-state index contributed by atoms with van der Waals surface area (Å²) in [5.41, 5.74) is 2.23. The molecule has 1 N–H and O–H groups in total. The topological polar surface area (TPSA) is 61.9 Å². The van der Waals surface area contributed by atoms with Crippen molar-refractivity contribution in [1.29, 1.82) is 0 Å². The number of amides is 3. The zero-order valence-electron chi connectivity index (χ0n) is 18.9. The molecule has 0 radical (unpaired) electrons. The molecule has 3 amide bonds. The zero-order chi connectivity index (χ0) is 22.4. The first-order valence-electron chi connectivity index (χ1n) is 11.0. The van der Waals surface area contributed by atoms with Gasteiger partial charge in [-0.3, -0.25) is 4.79 Å². The van der Waals surface area contributed by atoms with Crippen molar-refractivity contribution in [3.8, 4) is 5.75 Å². The number of aryl methyl sites for hydroxylation is 1. The molecule has 0 bridgehead atoms. The number of carbonyl (C=O) groups excluding carboxylic acids is 2. The van der Waals surface area contributed by atoms with Gasteiger partial charge in [-0.05, 0) is 54.8 Å². The summed E-state index contributed by atoms with van der Waals surface area (Å²) in [6, 6.07) is 9.67. The summed E-state index contributed by atoms with van der Waals surface area (Å²) >= 11 is 1.73. The van der Waals surface area contributed by atoms with Gasteiger partial charge in [0.2, 0.25) is 5.91 Å². The SMILES string of the molecule is CCNC(=O)N(CC(=O)N1CCc2sccc2[C@@H]1COc1ccccc1C)CC(C)C. The van der Waals surface area contributed by atoms with Crippen LogP contribution in [0.4, 0.5) is 4.79 Å². The maximum absolute atomic E-state index is 13.4. The fourth-order valence-corrected chi connectivity index (χ4v) is 4.87. The van der Waals surface area contributed by atoms with Gasteiger partial charge >= 0.3 is 6.03 Å². The molecular formula is C24H33N3O3S. The molecule has 31 heavy (non-hydrogen) atoms. The smallest absolute Gasteiger partial charge is 0.317 e. The Bertz CT molecular complexity index is 896. The third-order valence-corrected chi connectivity index (χ3v) is 6.43. The summed E-state index contributed by atoms with van der Waals surface area (Å²) in [4.78, 5) is 30.7. The molecule has 0 saturated carbocycles. The van der Waals surface area contributed by atoms with Crippen LogP contribution in [0.2, 0.25) is 0 Å². The van der Waals surface area contributed by atoms with E-state index >= 15 is 0 Å². The lowest BCUT2D eigenvalue weighted by molar-refractivity contribution is -0.135. The van der Waals surface area contributed by atoms with E-state index in [2.05, 4.69) is 16.8 Å². The molecule has 1 aliphatic rings. The van der Waals surface area contributed by atoms with Gasteiger partial charge in [-0.25, -0.2) is 4.79 Å². The molecule has 1 aliphatic heterocycles.